The highest BCUT2D eigenvalue weighted by Crippen LogP contribution is 2.60. The van der Waals surface area contributed by atoms with Crippen molar-refractivity contribution >= 4 is 45.2 Å². The minimum atomic E-state index is -9.06. The van der Waals surface area contributed by atoms with E-state index < -0.39 is 132 Å². The van der Waals surface area contributed by atoms with Gasteiger partial charge in [-0.15, -0.1) is 0 Å². The van der Waals surface area contributed by atoms with Crippen molar-refractivity contribution in [2.24, 2.45) is 0 Å². The number of ether oxygens (including phenoxy) is 5. The van der Waals surface area contributed by atoms with E-state index in [-0.39, 0.29) is 0 Å². The van der Waals surface area contributed by atoms with E-state index in [0.29, 0.717) is 0 Å². The highest BCUT2D eigenvalue weighted by atomic mass is 127. The summed E-state index contributed by atoms with van der Waals surface area (Å²) in [6, 6.07) is 0. The molecule has 0 aromatic carbocycles. The summed E-state index contributed by atoms with van der Waals surface area (Å²) in [7, 11) is 0. The second kappa shape index (κ2) is 13.7. The van der Waals surface area contributed by atoms with Gasteiger partial charge in [-0.25, -0.2) is 0 Å². The van der Waals surface area contributed by atoms with Crippen LogP contribution < -0.4 is 0 Å². The molecule has 52 heavy (non-hydrogen) atoms. The van der Waals surface area contributed by atoms with Gasteiger partial charge in [0.1, 0.15) is 0 Å². The molecule has 0 spiro atoms. The molecular formula is C15F30I2O5. The van der Waals surface area contributed by atoms with E-state index in [1.54, 1.807) is 9.47 Å². The summed E-state index contributed by atoms with van der Waals surface area (Å²) in [6.45, 7) is 0. The average molecular weight is 1080 g/mol. The van der Waals surface area contributed by atoms with E-state index >= 15 is 0 Å². The molecule has 5 nitrogen and oxygen atoms in total. The Morgan fingerprint density at radius 3 is 0.519 bits per heavy atom. The molecule has 0 N–H and O–H groups in total. The third-order valence-corrected chi connectivity index (χ3v) is 6.20. The molecule has 0 amide bonds. The lowest BCUT2D eigenvalue weighted by molar-refractivity contribution is -0.593. The smallest absolute Gasteiger partial charge is 0.263 e. The Labute approximate surface area is 287 Å². The lowest BCUT2D eigenvalue weighted by atomic mass is 10.2. The van der Waals surface area contributed by atoms with Crippen LogP contribution in [-0.2, 0) is 23.7 Å². The second-order valence-electron chi connectivity index (χ2n) is 8.40. The van der Waals surface area contributed by atoms with Crippen LogP contribution in [0.1, 0.15) is 0 Å². The minimum Gasteiger partial charge on any atom is -0.263 e. The first kappa shape index (κ1) is 51.2. The number of hydrogen-bond donors (Lipinski definition) is 0. The largest absolute Gasteiger partial charge is 0.458 e. The molecule has 0 saturated carbocycles. The van der Waals surface area contributed by atoms with Gasteiger partial charge in [0.2, 0.25) is 0 Å². The first-order valence-electron chi connectivity index (χ1n) is 10.3. The number of rotatable bonds is 14. The van der Waals surface area contributed by atoms with Crippen LogP contribution in [0.3, 0.4) is 0 Å². The summed E-state index contributed by atoms with van der Waals surface area (Å²) in [5, 5.41) is 0. The van der Waals surface area contributed by atoms with E-state index in [1.807, 2.05) is 0 Å². The van der Waals surface area contributed by atoms with Crippen LogP contribution in [0.15, 0.2) is 0 Å². The lowest BCUT2D eigenvalue weighted by Crippen LogP contribution is -2.70. The maximum atomic E-state index is 14.4. The van der Waals surface area contributed by atoms with E-state index in [4.69, 9.17) is 0 Å². The van der Waals surface area contributed by atoms with Crippen LogP contribution in [0.25, 0.3) is 0 Å². The molecule has 314 valence electrons. The number of hydrogen-bond acceptors (Lipinski definition) is 5. The van der Waals surface area contributed by atoms with Gasteiger partial charge in [0.05, 0.1) is 0 Å². The molecule has 0 aliphatic rings. The van der Waals surface area contributed by atoms with Gasteiger partial charge in [0.25, 0.3) is 0 Å². The van der Waals surface area contributed by atoms with Gasteiger partial charge in [-0.1, -0.05) is 0 Å². The first-order valence-corrected chi connectivity index (χ1v) is 12.5. The van der Waals surface area contributed by atoms with Gasteiger partial charge >= 0.3 is 86.7 Å². The van der Waals surface area contributed by atoms with Crippen molar-refractivity contribution in [1.82, 2.24) is 0 Å². The summed E-state index contributed by atoms with van der Waals surface area (Å²) < 4.78 is 392. The van der Waals surface area contributed by atoms with Gasteiger partial charge in [0, 0.05) is 45.2 Å². The van der Waals surface area contributed by atoms with Gasteiger partial charge in [-0.05, 0) is 0 Å². The molecule has 37 heteroatoms. The Morgan fingerprint density at radius 2 is 0.365 bits per heavy atom. The fourth-order valence-electron chi connectivity index (χ4n) is 2.13. The maximum absolute atomic E-state index is 14.4. The number of halogens is 32. The quantitative estimate of drug-likeness (QED) is 0.0986. The van der Waals surface area contributed by atoms with Crippen molar-refractivity contribution in [2.45, 2.75) is 86.7 Å². The summed E-state index contributed by atoms with van der Waals surface area (Å²) in [6.07, 6.45) is -83.0. The summed E-state index contributed by atoms with van der Waals surface area (Å²) in [5.41, 5.74) is 0. The zero-order chi connectivity index (χ0) is 43.0. The Hall–Kier alpha value is -0.840. The van der Waals surface area contributed by atoms with Crippen molar-refractivity contribution in [3.8, 4) is 0 Å². The van der Waals surface area contributed by atoms with Gasteiger partial charge in [-0.3, -0.25) is 23.7 Å². The van der Waals surface area contributed by atoms with E-state index in [9.17, 15) is 132 Å². The molecule has 0 aliphatic heterocycles. The first-order chi connectivity index (χ1) is 21.8. The zero-order valence-electron chi connectivity index (χ0n) is 21.6. The topological polar surface area (TPSA) is 46.2 Å². The van der Waals surface area contributed by atoms with E-state index in [2.05, 4.69) is 0 Å². The maximum Gasteiger partial charge on any atom is 0.458 e. The third-order valence-electron chi connectivity index (χ3n) is 4.53. The normalized spacial score (nSPS) is 21.5. The van der Waals surface area contributed by atoms with Crippen LogP contribution in [0.4, 0.5) is 132 Å². The molecule has 5 unspecified atom stereocenters. The molecule has 0 radical (unpaired) electrons. The summed E-state index contributed by atoms with van der Waals surface area (Å²) >= 11 is -2.36. The van der Waals surface area contributed by atoms with Crippen molar-refractivity contribution in [1.29, 1.82) is 0 Å². The summed E-state index contributed by atoms with van der Waals surface area (Å²) in [4.78, 5) is 0. The second-order valence-corrected chi connectivity index (χ2v) is 11.2. The Bertz CT molecular complexity index is 1250. The summed E-state index contributed by atoms with van der Waals surface area (Å²) in [5.74, 6) is -26.3. The van der Waals surface area contributed by atoms with Gasteiger partial charge < -0.3 is 0 Å². The van der Waals surface area contributed by atoms with Crippen LogP contribution in [-0.4, -0.2) is 86.7 Å². The third kappa shape index (κ3) is 9.40. The van der Waals surface area contributed by atoms with E-state index in [1.165, 1.54) is 0 Å². The van der Waals surface area contributed by atoms with Crippen molar-refractivity contribution < 1.29 is 155 Å². The molecule has 0 heterocycles. The predicted octanol–water partition coefficient (Wildman–Crippen LogP) is 11.0. The van der Waals surface area contributed by atoms with Crippen molar-refractivity contribution in [3.63, 3.8) is 0 Å². The Morgan fingerprint density at radius 1 is 0.212 bits per heavy atom. The van der Waals surface area contributed by atoms with Crippen molar-refractivity contribution in [3.05, 3.63) is 0 Å². The molecule has 0 saturated heterocycles. The zero-order valence-corrected chi connectivity index (χ0v) is 26.0. The standard InChI is InChI=1S/C15F30I2O5/c16-1(4(19,20)21,9(34,35)48-2(17,5(22,23)24)10(36,37)51-14(44,46)7(28,29)30)49-12(40,41)13(42,43)50-3(18,6(25,26)27)11(38,39)52-15(45,47)8(31,32)33. The number of alkyl halides is 32. The van der Waals surface area contributed by atoms with Gasteiger partial charge in [-0.2, -0.15) is 132 Å². The SMILES string of the molecule is FC(F)(F)C(F)(I)OC(F)(F)C(F)(OC(F)(F)C(F)(F)OC(F)(C(F)(F)F)C(F)(F)OC(F)(C(F)(F)F)C(F)(F)OC(F)(I)C(F)(F)F)C(F)(F)F. The fourth-order valence-corrected chi connectivity index (χ4v) is 2.68. The van der Waals surface area contributed by atoms with Gasteiger partial charge in [0.15, 0.2) is 0 Å². The van der Waals surface area contributed by atoms with Crippen molar-refractivity contribution in [2.75, 3.05) is 0 Å². The molecule has 5 atom stereocenters. The lowest BCUT2D eigenvalue weighted by Gasteiger charge is -2.43. The average Bonchev–Trinajstić information content (AvgIpc) is 2.77. The molecule has 0 rings (SSSR count). The van der Waals surface area contributed by atoms with Crippen LogP contribution >= 0.6 is 45.2 Å². The predicted molar refractivity (Wildman–Crippen MR) is 108 cm³/mol. The monoisotopic (exact) mass is 1080 g/mol. The van der Waals surface area contributed by atoms with Crippen LogP contribution in [0, 0.1) is 0 Å². The molecule has 0 bridgehead atoms. The van der Waals surface area contributed by atoms with Crippen LogP contribution in [0.2, 0.25) is 0 Å². The molecule has 0 aromatic heterocycles. The molecular weight excluding hydrogens is 1080 g/mol. The highest BCUT2D eigenvalue weighted by Gasteiger charge is 2.88. The van der Waals surface area contributed by atoms with Crippen LogP contribution in [0.5, 0.6) is 0 Å². The Balaban J connectivity index is 7.44. The minimum absolute atomic E-state index is 0.947. The molecule has 0 aromatic rings. The highest BCUT2D eigenvalue weighted by molar-refractivity contribution is 14.1. The fraction of sp³-hybridized carbons (Fsp3) is 1.00. The molecule has 0 aliphatic carbocycles. The molecule has 0 fully saturated rings. The van der Waals surface area contributed by atoms with E-state index in [0.717, 1.165) is 14.2 Å². The Kier molecular flexibility index (Phi) is 13.5.